The van der Waals surface area contributed by atoms with Crippen LogP contribution in [0.2, 0.25) is 5.02 Å². The number of rotatable bonds is 7. The highest BCUT2D eigenvalue weighted by molar-refractivity contribution is 6.30. The lowest BCUT2D eigenvalue weighted by Gasteiger charge is -2.18. The lowest BCUT2D eigenvalue weighted by Crippen LogP contribution is -2.13. The molecule has 0 fully saturated rings. The van der Waals surface area contributed by atoms with E-state index in [0.29, 0.717) is 28.0 Å². The van der Waals surface area contributed by atoms with Crippen LogP contribution in [0.4, 0.5) is 10.1 Å². The SMILES string of the molecule is COc1cc(N[C@H](c2ccc(Cl)cc2)c2nnc(-c3cccc(F)c3)o2)cc(OC)c1. The minimum Gasteiger partial charge on any atom is -0.497 e. The molecule has 1 atom stereocenters. The fourth-order valence-electron chi connectivity index (χ4n) is 3.09. The Labute approximate surface area is 183 Å². The van der Waals surface area contributed by atoms with Gasteiger partial charge in [0.05, 0.1) is 14.2 Å². The van der Waals surface area contributed by atoms with E-state index in [9.17, 15) is 4.39 Å². The first-order chi connectivity index (χ1) is 15.1. The molecule has 4 rings (SSSR count). The van der Waals surface area contributed by atoms with Crippen LogP contribution >= 0.6 is 11.6 Å². The molecule has 6 nitrogen and oxygen atoms in total. The Morgan fingerprint density at radius 2 is 1.65 bits per heavy atom. The normalized spacial score (nSPS) is 11.7. The molecule has 4 aromatic rings. The summed E-state index contributed by atoms with van der Waals surface area (Å²) in [7, 11) is 3.16. The highest BCUT2D eigenvalue weighted by atomic mass is 35.5. The Morgan fingerprint density at radius 3 is 2.29 bits per heavy atom. The van der Waals surface area contributed by atoms with Gasteiger partial charge in [-0.3, -0.25) is 0 Å². The second kappa shape index (κ2) is 9.06. The molecule has 1 heterocycles. The van der Waals surface area contributed by atoms with E-state index in [1.165, 1.54) is 12.1 Å². The second-order valence-electron chi connectivity index (χ2n) is 6.69. The maximum absolute atomic E-state index is 13.6. The van der Waals surface area contributed by atoms with Crippen molar-refractivity contribution in [2.75, 3.05) is 19.5 Å². The zero-order valence-electron chi connectivity index (χ0n) is 16.8. The van der Waals surface area contributed by atoms with Crippen molar-refractivity contribution >= 4 is 17.3 Å². The van der Waals surface area contributed by atoms with Gasteiger partial charge in [-0.1, -0.05) is 29.8 Å². The Kier molecular flexibility index (Phi) is 6.04. The van der Waals surface area contributed by atoms with E-state index in [0.717, 1.165) is 11.3 Å². The summed E-state index contributed by atoms with van der Waals surface area (Å²) in [6.45, 7) is 0. The average molecular weight is 440 g/mol. The van der Waals surface area contributed by atoms with Crippen molar-refractivity contribution in [3.8, 4) is 23.0 Å². The number of aromatic nitrogens is 2. The van der Waals surface area contributed by atoms with Crippen molar-refractivity contribution in [2.24, 2.45) is 0 Å². The van der Waals surface area contributed by atoms with Gasteiger partial charge in [0.2, 0.25) is 11.8 Å². The third-order valence-electron chi connectivity index (χ3n) is 4.62. The van der Waals surface area contributed by atoms with Gasteiger partial charge in [-0.25, -0.2) is 4.39 Å². The van der Waals surface area contributed by atoms with Crippen LogP contribution in [0.25, 0.3) is 11.5 Å². The third-order valence-corrected chi connectivity index (χ3v) is 4.88. The van der Waals surface area contributed by atoms with Gasteiger partial charge in [-0.05, 0) is 35.9 Å². The minimum absolute atomic E-state index is 0.221. The summed E-state index contributed by atoms with van der Waals surface area (Å²) in [6.07, 6.45) is 0. The number of nitrogens with one attached hydrogen (secondary N) is 1. The van der Waals surface area contributed by atoms with Gasteiger partial charge in [0, 0.05) is 34.5 Å². The first-order valence-corrected chi connectivity index (χ1v) is 9.78. The molecule has 0 amide bonds. The fraction of sp³-hybridized carbons (Fsp3) is 0.130. The van der Waals surface area contributed by atoms with Crippen molar-refractivity contribution in [1.29, 1.82) is 0 Å². The van der Waals surface area contributed by atoms with Crippen LogP contribution in [0.3, 0.4) is 0 Å². The lowest BCUT2D eigenvalue weighted by atomic mass is 10.1. The monoisotopic (exact) mass is 439 g/mol. The Balaban J connectivity index is 1.73. The van der Waals surface area contributed by atoms with E-state index in [-0.39, 0.29) is 11.7 Å². The van der Waals surface area contributed by atoms with Gasteiger partial charge in [0.15, 0.2) is 0 Å². The van der Waals surface area contributed by atoms with Crippen molar-refractivity contribution < 1.29 is 18.3 Å². The number of ether oxygens (including phenoxy) is 2. The van der Waals surface area contributed by atoms with Crippen LogP contribution in [0.5, 0.6) is 11.5 Å². The van der Waals surface area contributed by atoms with Gasteiger partial charge < -0.3 is 19.2 Å². The van der Waals surface area contributed by atoms with Crippen molar-refractivity contribution in [2.45, 2.75) is 6.04 Å². The van der Waals surface area contributed by atoms with Gasteiger partial charge in [-0.2, -0.15) is 0 Å². The van der Waals surface area contributed by atoms with Crippen LogP contribution in [0.1, 0.15) is 17.5 Å². The summed E-state index contributed by atoms with van der Waals surface area (Å²) < 4.78 is 30.2. The van der Waals surface area contributed by atoms with Gasteiger partial charge in [-0.15, -0.1) is 10.2 Å². The second-order valence-corrected chi connectivity index (χ2v) is 7.12. The van der Waals surface area contributed by atoms with Crippen LogP contribution in [-0.4, -0.2) is 24.4 Å². The predicted octanol–water partition coefficient (Wildman–Crippen LogP) is 5.75. The maximum Gasteiger partial charge on any atom is 0.247 e. The smallest absolute Gasteiger partial charge is 0.247 e. The zero-order valence-corrected chi connectivity index (χ0v) is 17.6. The highest BCUT2D eigenvalue weighted by Gasteiger charge is 2.22. The van der Waals surface area contributed by atoms with E-state index < -0.39 is 6.04 Å². The molecule has 158 valence electrons. The molecule has 0 saturated heterocycles. The standard InChI is InChI=1S/C23H19ClFN3O3/c1-29-19-11-18(12-20(13-19)30-2)26-21(14-6-8-16(24)9-7-14)23-28-27-22(31-23)15-4-3-5-17(25)10-15/h3-13,21,26H,1-2H3/t21-/m1/s1. The van der Waals surface area contributed by atoms with Crippen LogP contribution in [0.15, 0.2) is 71.1 Å². The topological polar surface area (TPSA) is 69.4 Å². The number of hydrogen-bond acceptors (Lipinski definition) is 6. The maximum atomic E-state index is 13.6. The molecule has 0 unspecified atom stereocenters. The summed E-state index contributed by atoms with van der Waals surface area (Å²) in [5.74, 6) is 1.40. The fourth-order valence-corrected chi connectivity index (χ4v) is 3.22. The van der Waals surface area contributed by atoms with E-state index in [4.69, 9.17) is 25.5 Å². The van der Waals surface area contributed by atoms with Crippen LogP contribution in [0, 0.1) is 5.82 Å². The number of halogens is 2. The molecular weight excluding hydrogens is 421 g/mol. The summed E-state index contributed by atoms with van der Waals surface area (Å²) >= 11 is 6.06. The van der Waals surface area contributed by atoms with E-state index in [2.05, 4.69) is 15.5 Å². The third kappa shape index (κ3) is 4.78. The summed E-state index contributed by atoms with van der Waals surface area (Å²) in [4.78, 5) is 0. The molecule has 0 aliphatic rings. The highest BCUT2D eigenvalue weighted by Crippen LogP contribution is 2.32. The molecule has 0 bridgehead atoms. The molecular formula is C23H19ClFN3O3. The first kappa shape index (κ1) is 20.7. The molecule has 0 aliphatic carbocycles. The van der Waals surface area contributed by atoms with Gasteiger partial charge in [0.25, 0.3) is 0 Å². The first-order valence-electron chi connectivity index (χ1n) is 9.40. The molecule has 3 aromatic carbocycles. The average Bonchev–Trinajstić information content (AvgIpc) is 3.28. The predicted molar refractivity (Wildman–Crippen MR) is 116 cm³/mol. The number of hydrogen-bond donors (Lipinski definition) is 1. The molecule has 31 heavy (non-hydrogen) atoms. The number of methoxy groups -OCH3 is 2. The van der Waals surface area contributed by atoms with Gasteiger partial charge >= 0.3 is 0 Å². The molecule has 0 radical (unpaired) electrons. The quantitative estimate of drug-likeness (QED) is 0.395. The molecule has 1 aromatic heterocycles. The van der Waals surface area contributed by atoms with Crippen LogP contribution in [-0.2, 0) is 0 Å². The zero-order chi connectivity index (χ0) is 21.8. The lowest BCUT2D eigenvalue weighted by molar-refractivity contribution is 0.394. The largest absolute Gasteiger partial charge is 0.497 e. The van der Waals surface area contributed by atoms with Crippen molar-refractivity contribution in [3.05, 3.63) is 89.0 Å². The Bertz CT molecular complexity index is 1160. The summed E-state index contributed by atoms with van der Waals surface area (Å²) in [5, 5.41) is 12.3. The van der Waals surface area contributed by atoms with E-state index in [1.54, 1.807) is 44.6 Å². The molecule has 0 saturated carbocycles. The van der Waals surface area contributed by atoms with Gasteiger partial charge in [0.1, 0.15) is 23.4 Å². The Morgan fingerprint density at radius 1 is 0.935 bits per heavy atom. The molecule has 0 spiro atoms. The molecule has 0 aliphatic heterocycles. The van der Waals surface area contributed by atoms with Crippen molar-refractivity contribution in [3.63, 3.8) is 0 Å². The number of anilines is 1. The molecule has 1 N–H and O–H groups in total. The van der Waals surface area contributed by atoms with Crippen LogP contribution < -0.4 is 14.8 Å². The summed E-state index contributed by atoms with van der Waals surface area (Å²) in [5.41, 5.74) is 2.07. The summed E-state index contributed by atoms with van der Waals surface area (Å²) in [6, 6.07) is 18.2. The van der Waals surface area contributed by atoms with E-state index in [1.807, 2.05) is 24.3 Å². The number of benzene rings is 3. The van der Waals surface area contributed by atoms with Crippen molar-refractivity contribution in [1.82, 2.24) is 10.2 Å². The number of nitrogens with zero attached hydrogens (tertiary/aromatic N) is 2. The Hall–Kier alpha value is -3.58. The van der Waals surface area contributed by atoms with E-state index >= 15 is 0 Å². The minimum atomic E-state index is -0.496. The molecule has 8 heteroatoms.